The molecule has 1 aliphatic heterocycles. The molecule has 1 aliphatic rings. The molecular weight excluding hydrogens is 334 g/mol. The van der Waals surface area contributed by atoms with Gasteiger partial charge in [0.2, 0.25) is 5.91 Å². The molecule has 0 saturated carbocycles. The Morgan fingerprint density at radius 2 is 2.04 bits per heavy atom. The topological polar surface area (TPSA) is 76.3 Å². The summed E-state index contributed by atoms with van der Waals surface area (Å²) >= 11 is 7.41. The number of hydrogen-bond donors (Lipinski definition) is 1. The fraction of sp³-hybridized carbons (Fsp3) is 0.312. The molecule has 3 rings (SSSR count). The van der Waals surface area contributed by atoms with E-state index >= 15 is 0 Å². The van der Waals surface area contributed by atoms with Gasteiger partial charge in [0.15, 0.2) is 0 Å². The molecule has 0 spiro atoms. The first-order valence-electron chi connectivity index (χ1n) is 7.34. The summed E-state index contributed by atoms with van der Waals surface area (Å²) in [6.07, 6.45) is 1.23. The van der Waals surface area contributed by atoms with Gasteiger partial charge in [-0.2, -0.15) is 0 Å². The van der Waals surface area contributed by atoms with Crippen LogP contribution in [0, 0.1) is 5.92 Å². The molecule has 2 heterocycles. The van der Waals surface area contributed by atoms with Crippen LogP contribution >= 0.6 is 22.9 Å². The van der Waals surface area contributed by atoms with Crippen molar-refractivity contribution in [2.75, 3.05) is 13.1 Å². The van der Waals surface area contributed by atoms with E-state index in [4.69, 9.17) is 17.3 Å². The number of carbonyl (C=O) groups excluding carboxylic acids is 2. The van der Waals surface area contributed by atoms with E-state index in [2.05, 4.69) is 4.98 Å². The number of halogens is 1. The van der Waals surface area contributed by atoms with Gasteiger partial charge in [0.1, 0.15) is 10.7 Å². The summed E-state index contributed by atoms with van der Waals surface area (Å²) in [6.45, 7) is 1.08. The lowest BCUT2D eigenvalue weighted by molar-refractivity contribution is -0.123. The molecule has 1 saturated heterocycles. The van der Waals surface area contributed by atoms with Gasteiger partial charge in [0.25, 0.3) is 5.91 Å². The molecule has 7 heteroatoms. The Hall–Kier alpha value is -1.92. The molecule has 1 fully saturated rings. The summed E-state index contributed by atoms with van der Waals surface area (Å²) in [5.41, 5.74) is 6.65. The lowest BCUT2D eigenvalue weighted by Gasteiger charge is -2.30. The molecule has 0 aliphatic carbocycles. The number of piperidine rings is 1. The smallest absolute Gasteiger partial charge is 0.273 e. The van der Waals surface area contributed by atoms with E-state index < -0.39 is 0 Å². The van der Waals surface area contributed by atoms with Crippen molar-refractivity contribution in [1.82, 2.24) is 9.88 Å². The van der Waals surface area contributed by atoms with Crippen LogP contribution in [0.25, 0.3) is 10.6 Å². The quantitative estimate of drug-likeness (QED) is 0.925. The van der Waals surface area contributed by atoms with Gasteiger partial charge in [-0.25, -0.2) is 4.98 Å². The van der Waals surface area contributed by atoms with E-state index in [0.717, 1.165) is 10.6 Å². The van der Waals surface area contributed by atoms with Crippen LogP contribution in [0.15, 0.2) is 29.6 Å². The number of likely N-dealkylation sites (tertiary alicyclic amines) is 1. The van der Waals surface area contributed by atoms with Crippen LogP contribution in [-0.4, -0.2) is 34.8 Å². The molecule has 0 unspecified atom stereocenters. The average molecular weight is 350 g/mol. The SMILES string of the molecule is NC(=O)C1CCN(C(=O)c2csc(-c3cccc(Cl)c3)n2)CC1. The van der Waals surface area contributed by atoms with Gasteiger partial charge in [-0.15, -0.1) is 11.3 Å². The molecule has 1 aromatic heterocycles. The number of carbonyl (C=O) groups is 2. The Bertz CT molecular complexity index is 738. The Morgan fingerprint density at radius 1 is 1.30 bits per heavy atom. The normalized spacial score (nSPS) is 15.6. The van der Waals surface area contributed by atoms with Crippen molar-refractivity contribution >= 4 is 34.8 Å². The lowest BCUT2D eigenvalue weighted by Crippen LogP contribution is -2.41. The molecule has 120 valence electrons. The van der Waals surface area contributed by atoms with Crippen LogP contribution in [-0.2, 0) is 4.79 Å². The van der Waals surface area contributed by atoms with E-state index in [1.54, 1.807) is 16.3 Å². The van der Waals surface area contributed by atoms with E-state index in [0.29, 0.717) is 36.6 Å². The minimum absolute atomic E-state index is 0.0996. The summed E-state index contributed by atoms with van der Waals surface area (Å²) in [5, 5.41) is 3.17. The first kappa shape index (κ1) is 16.0. The third-order valence-electron chi connectivity index (χ3n) is 3.98. The monoisotopic (exact) mass is 349 g/mol. The van der Waals surface area contributed by atoms with Crippen LogP contribution in [0.2, 0.25) is 5.02 Å². The second-order valence-corrected chi connectivity index (χ2v) is 6.81. The van der Waals surface area contributed by atoms with Crippen molar-refractivity contribution in [2.45, 2.75) is 12.8 Å². The van der Waals surface area contributed by atoms with Gasteiger partial charge < -0.3 is 10.6 Å². The maximum atomic E-state index is 12.5. The van der Waals surface area contributed by atoms with Crippen molar-refractivity contribution < 1.29 is 9.59 Å². The highest BCUT2D eigenvalue weighted by molar-refractivity contribution is 7.13. The molecule has 2 amide bonds. The first-order valence-corrected chi connectivity index (χ1v) is 8.60. The number of rotatable bonds is 3. The van der Waals surface area contributed by atoms with Crippen LogP contribution in [0.4, 0.5) is 0 Å². The minimum atomic E-state index is -0.283. The van der Waals surface area contributed by atoms with E-state index in [1.807, 2.05) is 18.2 Å². The second-order valence-electron chi connectivity index (χ2n) is 5.52. The number of benzene rings is 1. The fourth-order valence-corrected chi connectivity index (χ4v) is 3.64. The summed E-state index contributed by atoms with van der Waals surface area (Å²) in [5.74, 6) is -0.511. The zero-order valence-corrected chi connectivity index (χ0v) is 13.9. The largest absolute Gasteiger partial charge is 0.369 e. The number of aromatic nitrogens is 1. The standard InChI is InChI=1S/C16H16ClN3O2S/c17-12-3-1-2-11(8-12)15-19-13(9-23-15)16(22)20-6-4-10(5-7-20)14(18)21/h1-3,8-10H,4-7H2,(H2,18,21). The van der Waals surface area contributed by atoms with Crippen molar-refractivity contribution in [3.05, 3.63) is 40.4 Å². The van der Waals surface area contributed by atoms with Crippen molar-refractivity contribution in [3.63, 3.8) is 0 Å². The molecule has 2 N–H and O–H groups in total. The Balaban J connectivity index is 1.71. The highest BCUT2D eigenvalue weighted by Crippen LogP contribution is 2.27. The number of primary amides is 1. The average Bonchev–Trinajstić information content (AvgIpc) is 3.04. The van der Waals surface area contributed by atoms with Crippen LogP contribution in [0.1, 0.15) is 23.3 Å². The van der Waals surface area contributed by atoms with Crippen LogP contribution in [0.3, 0.4) is 0 Å². The van der Waals surface area contributed by atoms with E-state index in [-0.39, 0.29) is 17.7 Å². The summed E-state index contributed by atoms with van der Waals surface area (Å²) in [6, 6.07) is 7.40. The lowest BCUT2D eigenvalue weighted by atomic mass is 9.96. The zero-order valence-electron chi connectivity index (χ0n) is 12.4. The van der Waals surface area contributed by atoms with E-state index in [9.17, 15) is 9.59 Å². The molecular formula is C16H16ClN3O2S. The molecule has 1 aromatic carbocycles. The van der Waals surface area contributed by atoms with Crippen LogP contribution < -0.4 is 5.73 Å². The molecule has 0 bridgehead atoms. The third kappa shape index (κ3) is 3.54. The van der Waals surface area contributed by atoms with Crippen molar-refractivity contribution in [3.8, 4) is 10.6 Å². The summed E-state index contributed by atoms with van der Waals surface area (Å²) < 4.78 is 0. The molecule has 0 atom stereocenters. The maximum Gasteiger partial charge on any atom is 0.273 e. The number of hydrogen-bond acceptors (Lipinski definition) is 4. The molecule has 2 aromatic rings. The summed E-state index contributed by atoms with van der Waals surface area (Å²) in [4.78, 5) is 29.9. The molecule has 5 nitrogen and oxygen atoms in total. The Morgan fingerprint density at radius 3 is 2.70 bits per heavy atom. The van der Waals surface area contributed by atoms with Crippen LogP contribution in [0.5, 0.6) is 0 Å². The maximum absolute atomic E-state index is 12.5. The van der Waals surface area contributed by atoms with Gasteiger partial charge >= 0.3 is 0 Å². The van der Waals surface area contributed by atoms with Crippen molar-refractivity contribution in [1.29, 1.82) is 0 Å². The first-order chi connectivity index (χ1) is 11.0. The van der Waals surface area contributed by atoms with Gasteiger partial charge in [-0.3, -0.25) is 9.59 Å². The van der Waals surface area contributed by atoms with Gasteiger partial charge in [-0.05, 0) is 25.0 Å². The van der Waals surface area contributed by atoms with E-state index in [1.165, 1.54) is 11.3 Å². The molecule has 0 radical (unpaired) electrons. The van der Waals surface area contributed by atoms with Gasteiger partial charge in [-0.1, -0.05) is 23.7 Å². The highest BCUT2D eigenvalue weighted by Gasteiger charge is 2.27. The van der Waals surface area contributed by atoms with Gasteiger partial charge in [0.05, 0.1) is 0 Å². The van der Waals surface area contributed by atoms with Gasteiger partial charge in [0, 0.05) is 35.0 Å². The Labute approximate surface area is 143 Å². The number of amides is 2. The number of nitrogens with two attached hydrogens (primary N) is 1. The number of nitrogens with zero attached hydrogens (tertiary/aromatic N) is 2. The highest BCUT2D eigenvalue weighted by atomic mass is 35.5. The minimum Gasteiger partial charge on any atom is -0.369 e. The third-order valence-corrected chi connectivity index (χ3v) is 5.11. The zero-order chi connectivity index (χ0) is 16.4. The van der Waals surface area contributed by atoms with Crippen molar-refractivity contribution in [2.24, 2.45) is 11.7 Å². The predicted octanol–water partition coefficient (Wildman–Crippen LogP) is 2.80. The second kappa shape index (κ2) is 6.68. The number of thiazole rings is 1. The molecule has 23 heavy (non-hydrogen) atoms. The fourth-order valence-electron chi connectivity index (χ4n) is 2.66. The Kier molecular flexibility index (Phi) is 4.63. The summed E-state index contributed by atoms with van der Waals surface area (Å²) in [7, 11) is 0. The predicted molar refractivity (Wildman–Crippen MR) is 90.4 cm³/mol.